The molecule has 1 aliphatic heterocycles. The number of ether oxygens (including phenoxy) is 1. The van der Waals surface area contributed by atoms with Gasteiger partial charge in [-0.2, -0.15) is 0 Å². The Hall–Kier alpha value is -1.92. The van der Waals surface area contributed by atoms with Gasteiger partial charge in [0.15, 0.2) is 0 Å². The van der Waals surface area contributed by atoms with E-state index in [0.717, 1.165) is 0 Å². The van der Waals surface area contributed by atoms with Crippen molar-refractivity contribution in [2.24, 2.45) is 0 Å². The first kappa shape index (κ1) is 16.5. The van der Waals surface area contributed by atoms with E-state index >= 15 is 0 Å². The maximum absolute atomic E-state index is 12.5. The summed E-state index contributed by atoms with van der Waals surface area (Å²) < 4.78 is 5.57. The SMILES string of the molecule is CC1(C)CN(C(=O)[C@H](CO)NC(=O)c2ccccc2)CCO1. The number of benzene rings is 1. The van der Waals surface area contributed by atoms with Crippen LogP contribution >= 0.6 is 0 Å². The molecule has 22 heavy (non-hydrogen) atoms. The van der Waals surface area contributed by atoms with Crippen molar-refractivity contribution in [2.75, 3.05) is 26.3 Å². The first-order valence-corrected chi connectivity index (χ1v) is 7.32. The number of carbonyl (C=O) groups is 2. The summed E-state index contributed by atoms with van der Waals surface area (Å²) in [6.45, 7) is 4.72. The van der Waals surface area contributed by atoms with Crippen molar-refractivity contribution < 1.29 is 19.4 Å². The summed E-state index contributed by atoms with van der Waals surface area (Å²) in [4.78, 5) is 26.2. The molecule has 2 N–H and O–H groups in total. The molecule has 6 nitrogen and oxygen atoms in total. The lowest BCUT2D eigenvalue weighted by Gasteiger charge is -2.39. The Morgan fingerprint density at radius 2 is 2.05 bits per heavy atom. The van der Waals surface area contributed by atoms with Crippen molar-refractivity contribution in [1.29, 1.82) is 0 Å². The number of nitrogens with zero attached hydrogens (tertiary/aromatic N) is 1. The van der Waals surface area contributed by atoms with Gasteiger partial charge < -0.3 is 20.1 Å². The molecule has 1 aromatic carbocycles. The molecule has 2 rings (SSSR count). The van der Waals surface area contributed by atoms with Crippen LogP contribution in [0.15, 0.2) is 30.3 Å². The van der Waals surface area contributed by atoms with Crippen molar-refractivity contribution in [1.82, 2.24) is 10.2 Å². The number of hydrogen-bond acceptors (Lipinski definition) is 4. The number of carbonyl (C=O) groups excluding carboxylic acids is 2. The summed E-state index contributed by atoms with van der Waals surface area (Å²) in [6.07, 6.45) is 0. The summed E-state index contributed by atoms with van der Waals surface area (Å²) >= 11 is 0. The van der Waals surface area contributed by atoms with Crippen LogP contribution in [0.3, 0.4) is 0 Å². The summed E-state index contributed by atoms with van der Waals surface area (Å²) in [6, 6.07) is 7.67. The van der Waals surface area contributed by atoms with Crippen molar-refractivity contribution in [2.45, 2.75) is 25.5 Å². The molecule has 1 atom stereocenters. The van der Waals surface area contributed by atoms with Gasteiger partial charge in [-0.1, -0.05) is 18.2 Å². The van der Waals surface area contributed by atoms with Crippen molar-refractivity contribution in [3.63, 3.8) is 0 Å². The van der Waals surface area contributed by atoms with E-state index in [1.54, 1.807) is 35.2 Å². The highest BCUT2D eigenvalue weighted by Gasteiger charge is 2.33. The molecular weight excluding hydrogens is 284 g/mol. The average molecular weight is 306 g/mol. The van der Waals surface area contributed by atoms with E-state index in [1.165, 1.54) is 0 Å². The van der Waals surface area contributed by atoms with E-state index in [0.29, 0.717) is 25.3 Å². The molecule has 6 heteroatoms. The molecule has 0 saturated carbocycles. The lowest BCUT2D eigenvalue weighted by atomic mass is 10.1. The van der Waals surface area contributed by atoms with Gasteiger partial charge in [-0.15, -0.1) is 0 Å². The largest absolute Gasteiger partial charge is 0.394 e. The fourth-order valence-corrected chi connectivity index (χ4v) is 2.44. The number of nitrogens with one attached hydrogen (secondary N) is 1. The lowest BCUT2D eigenvalue weighted by molar-refractivity contribution is -0.148. The molecule has 0 aliphatic carbocycles. The topological polar surface area (TPSA) is 78.9 Å². The van der Waals surface area contributed by atoms with Crippen molar-refractivity contribution >= 4 is 11.8 Å². The third-order valence-corrected chi connectivity index (χ3v) is 3.56. The average Bonchev–Trinajstić information content (AvgIpc) is 2.51. The van der Waals surface area contributed by atoms with E-state index < -0.39 is 18.2 Å². The second kappa shape index (κ2) is 6.89. The van der Waals surface area contributed by atoms with Gasteiger partial charge in [0.1, 0.15) is 6.04 Å². The Bertz CT molecular complexity index is 530. The highest BCUT2D eigenvalue weighted by atomic mass is 16.5. The summed E-state index contributed by atoms with van der Waals surface area (Å²) in [5.74, 6) is -0.663. The van der Waals surface area contributed by atoms with Crippen molar-refractivity contribution in [3.05, 3.63) is 35.9 Å². The fraction of sp³-hybridized carbons (Fsp3) is 0.500. The van der Waals surface area contributed by atoms with Gasteiger partial charge in [-0.25, -0.2) is 0 Å². The zero-order chi connectivity index (χ0) is 16.2. The Morgan fingerprint density at radius 1 is 1.36 bits per heavy atom. The molecule has 0 spiro atoms. The number of aliphatic hydroxyl groups is 1. The van der Waals surface area contributed by atoms with Crippen LogP contribution in [0.4, 0.5) is 0 Å². The summed E-state index contributed by atoms with van der Waals surface area (Å²) in [5.41, 5.74) is 0.0354. The maximum Gasteiger partial charge on any atom is 0.251 e. The predicted molar refractivity (Wildman–Crippen MR) is 81.4 cm³/mol. The van der Waals surface area contributed by atoms with Gasteiger partial charge in [-0.05, 0) is 26.0 Å². The Labute approximate surface area is 130 Å². The minimum atomic E-state index is -0.943. The van der Waals surface area contributed by atoms with E-state index in [1.807, 2.05) is 13.8 Å². The molecule has 0 bridgehead atoms. The summed E-state index contributed by atoms with van der Waals surface area (Å²) in [5, 5.41) is 12.0. The third-order valence-electron chi connectivity index (χ3n) is 3.56. The van der Waals surface area contributed by atoms with Gasteiger partial charge in [0.2, 0.25) is 5.91 Å². The third kappa shape index (κ3) is 4.05. The molecule has 0 unspecified atom stereocenters. The molecule has 1 fully saturated rings. The molecule has 0 aromatic heterocycles. The van der Waals surface area contributed by atoms with Crippen LogP contribution in [0.1, 0.15) is 24.2 Å². The van der Waals surface area contributed by atoms with Crippen LogP contribution in [0.2, 0.25) is 0 Å². The molecule has 0 radical (unpaired) electrons. The highest BCUT2D eigenvalue weighted by Crippen LogP contribution is 2.17. The maximum atomic E-state index is 12.5. The Morgan fingerprint density at radius 3 is 2.64 bits per heavy atom. The molecular formula is C16H22N2O4. The summed E-state index contributed by atoms with van der Waals surface area (Å²) in [7, 11) is 0. The number of aliphatic hydroxyl groups excluding tert-OH is 1. The monoisotopic (exact) mass is 306 g/mol. The minimum absolute atomic E-state index is 0.289. The van der Waals surface area contributed by atoms with Crippen LogP contribution in [-0.2, 0) is 9.53 Å². The lowest BCUT2D eigenvalue weighted by Crippen LogP contribution is -2.57. The second-order valence-corrected chi connectivity index (χ2v) is 5.94. The van der Waals surface area contributed by atoms with Crippen LogP contribution in [0.5, 0.6) is 0 Å². The van der Waals surface area contributed by atoms with Crippen molar-refractivity contribution in [3.8, 4) is 0 Å². The first-order valence-electron chi connectivity index (χ1n) is 7.32. The Kier molecular flexibility index (Phi) is 5.15. The normalized spacial score (nSPS) is 18.6. The Balaban J connectivity index is 2.02. The van der Waals surface area contributed by atoms with E-state index in [9.17, 15) is 14.7 Å². The number of amides is 2. The number of morpholine rings is 1. The molecule has 2 amide bonds. The predicted octanol–water partition coefficient (Wildman–Crippen LogP) is 0.415. The fourth-order valence-electron chi connectivity index (χ4n) is 2.44. The zero-order valence-electron chi connectivity index (χ0n) is 12.9. The van der Waals surface area contributed by atoms with Gasteiger partial charge in [0.25, 0.3) is 5.91 Å². The molecule has 1 aliphatic rings. The molecule has 1 saturated heterocycles. The number of rotatable bonds is 4. The van der Waals surface area contributed by atoms with E-state index in [-0.39, 0.29) is 11.8 Å². The first-order chi connectivity index (χ1) is 10.4. The van der Waals surface area contributed by atoms with Crippen LogP contribution in [-0.4, -0.2) is 59.8 Å². The van der Waals surface area contributed by atoms with E-state index in [4.69, 9.17) is 4.74 Å². The van der Waals surface area contributed by atoms with Gasteiger partial charge >= 0.3 is 0 Å². The standard InChI is InChI=1S/C16H22N2O4/c1-16(2)11-18(8-9-22-16)15(21)13(10-19)17-14(20)12-6-4-3-5-7-12/h3-7,13,19H,8-11H2,1-2H3,(H,17,20)/t13-/m0/s1. The smallest absolute Gasteiger partial charge is 0.251 e. The molecule has 1 heterocycles. The molecule has 1 aromatic rings. The number of hydrogen-bond donors (Lipinski definition) is 2. The minimum Gasteiger partial charge on any atom is -0.394 e. The van der Waals surface area contributed by atoms with Crippen LogP contribution in [0.25, 0.3) is 0 Å². The van der Waals surface area contributed by atoms with Crippen LogP contribution < -0.4 is 5.32 Å². The van der Waals surface area contributed by atoms with E-state index in [2.05, 4.69) is 5.32 Å². The highest BCUT2D eigenvalue weighted by molar-refractivity contribution is 5.97. The second-order valence-electron chi connectivity index (χ2n) is 5.94. The quantitative estimate of drug-likeness (QED) is 0.845. The molecule has 120 valence electrons. The zero-order valence-corrected chi connectivity index (χ0v) is 12.9. The van der Waals surface area contributed by atoms with Gasteiger partial charge in [0, 0.05) is 18.7 Å². The van der Waals surface area contributed by atoms with Gasteiger partial charge in [0.05, 0.1) is 18.8 Å². The van der Waals surface area contributed by atoms with Gasteiger partial charge in [-0.3, -0.25) is 9.59 Å². The van der Waals surface area contributed by atoms with Crippen LogP contribution in [0, 0.1) is 0 Å².